The summed E-state index contributed by atoms with van der Waals surface area (Å²) in [7, 11) is 0. The zero-order valence-electron chi connectivity index (χ0n) is 21.5. The summed E-state index contributed by atoms with van der Waals surface area (Å²) in [5.41, 5.74) is 1.40. The average Bonchev–Trinajstić information content (AvgIpc) is 3.53. The Morgan fingerprint density at radius 3 is 2.37 bits per heavy atom. The van der Waals surface area contributed by atoms with Gasteiger partial charge in [-0.1, -0.05) is 19.1 Å². The third kappa shape index (κ3) is 5.16. The maximum absolute atomic E-state index is 13.5. The normalized spacial score (nSPS) is 20.7. The van der Waals surface area contributed by atoms with Crippen molar-refractivity contribution < 1.29 is 22.4 Å². The molecule has 0 saturated carbocycles. The van der Waals surface area contributed by atoms with Gasteiger partial charge in [0.1, 0.15) is 5.82 Å². The number of carbonyl (C=O) groups is 1. The van der Waals surface area contributed by atoms with E-state index in [1.54, 1.807) is 26.0 Å². The van der Waals surface area contributed by atoms with Gasteiger partial charge in [0.05, 0.1) is 17.0 Å². The first-order valence-corrected chi connectivity index (χ1v) is 12.8. The number of nitrogens with zero attached hydrogens (tertiary/aromatic N) is 6. The molecule has 0 N–H and O–H groups in total. The van der Waals surface area contributed by atoms with Crippen LogP contribution in [0.1, 0.15) is 52.3 Å². The molecule has 0 bridgehead atoms. The molecule has 2 aliphatic rings. The van der Waals surface area contributed by atoms with Gasteiger partial charge in [-0.25, -0.2) is 9.07 Å². The number of aromatic nitrogens is 4. The van der Waals surface area contributed by atoms with Crippen LogP contribution in [0, 0.1) is 31.5 Å². The Hall–Kier alpha value is -3.34. The number of alkyl halides is 3. The van der Waals surface area contributed by atoms with Gasteiger partial charge in [-0.15, -0.1) is 10.2 Å². The van der Waals surface area contributed by atoms with Crippen molar-refractivity contribution in [2.75, 3.05) is 32.7 Å². The van der Waals surface area contributed by atoms with Gasteiger partial charge in [0.25, 0.3) is 5.91 Å². The molecule has 11 heteroatoms. The van der Waals surface area contributed by atoms with Crippen molar-refractivity contribution in [3.05, 3.63) is 70.4 Å². The Morgan fingerprint density at radius 1 is 1.05 bits per heavy atom. The van der Waals surface area contributed by atoms with Crippen molar-refractivity contribution in [1.82, 2.24) is 29.8 Å². The third-order valence-corrected chi connectivity index (χ3v) is 7.81. The molecule has 0 radical (unpaired) electrons. The molecule has 202 valence electrons. The highest BCUT2D eigenvalue weighted by Gasteiger charge is 2.42. The fourth-order valence-electron chi connectivity index (χ4n) is 5.72. The van der Waals surface area contributed by atoms with E-state index in [0.29, 0.717) is 41.9 Å². The summed E-state index contributed by atoms with van der Waals surface area (Å²) >= 11 is 0. The lowest BCUT2D eigenvalue weighted by atomic mass is 9.97. The van der Waals surface area contributed by atoms with Crippen LogP contribution in [0.5, 0.6) is 0 Å². The van der Waals surface area contributed by atoms with Crippen molar-refractivity contribution >= 4 is 5.91 Å². The summed E-state index contributed by atoms with van der Waals surface area (Å²) in [6, 6.07) is 8.83. The molecule has 3 atom stereocenters. The van der Waals surface area contributed by atoms with E-state index in [1.807, 2.05) is 11.0 Å². The van der Waals surface area contributed by atoms with E-state index in [4.69, 9.17) is 0 Å². The molecule has 2 saturated heterocycles. The molecule has 1 amide bonds. The standard InChI is InChI=1S/C27H30F4N6O/c1-16(19-5-4-6-22(28)11-19)9-10-35-12-20-14-36(15-21(20)13-35)26(38)25-17(2)34-37(18(25)3)24-8-7-23(32-33-24)27(29,30)31/h4-8,11,16,20-21H,9-10,12-15H2,1-3H3/t16-,20?,21?/m0/s1. The van der Waals surface area contributed by atoms with E-state index in [9.17, 15) is 22.4 Å². The molecule has 2 aliphatic heterocycles. The van der Waals surface area contributed by atoms with Crippen LogP contribution in [0.15, 0.2) is 36.4 Å². The van der Waals surface area contributed by atoms with Crippen molar-refractivity contribution in [1.29, 1.82) is 0 Å². The number of amides is 1. The zero-order valence-corrected chi connectivity index (χ0v) is 21.5. The number of likely N-dealkylation sites (tertiary alicyclic amines) is 2. The second-order valence-electron chi connectivity index (χ2n) is 10.5. The monoisotopic (exact) mass is 530 g/mol. The van der Waals surface area contributed by atoms with Crippen LogP contribution in [0.2, 0.25) is 0 Å². The van der Waals surface area contributed by atoms with Crippen LogP contribution in [-0.4, -0.2) is 68.4 Å². The van der Waals surface area contributed by atoms with Crippen molar-refractivity contribution in [2.45, 2.75) is 39.3 Å². The molecule has 0 spiro atoms. The summed E-state index contributed by atoms with van der Waals surface area (Å²) in [6.07, 6.45) is -3.64. The molecular formula is C27H30F4N6O. The van der Waals surface area contributed by atoms with Crippen LogP contribution in [0.3, 0.4) is 0 Å². The highest BCUT2D eigenvalue weighted by Crippen LogP contribution is 2.34. The van der Waals surface area contributed by atoms with Gasteiger partial charge in [0.2, 0.25) is 0 Å². The van der Waals surface area contributed by atoms with Crippen molar-refractivity contribution in [3.63, 3.8) is 0 Å². The van der Waals surface area contributed by atoms with Crippen molar-refractivity contribution in [3.8, 4) is 5.82 Å². The lowest BCUT2D eigenvalue weighted by Gasteiger charge is -2.23. The van der Waals surface area contributed by atoms with E-state index in [2.05, 4.69) is 27.1 Å². The van der Waals surface area contributed by atoms with E-state index < -0.39 is 11.9 Å². The minimum atomic E-state index is -4.58. The van der Waals surface area contributed by atoms with Crippen LogP contribution in [0.4, 0.5) is 17.6 Å². The van der Waals surface area contributed by atoms with Crippen molar-refractivity contribution in [2.24, 2.45) is 11.8 Å². The number of rotatable bonds is 6. The molecule has 4 heterocycles. The largest absolute Gasteiger partial charge is 0.435 e. The Morgan fingerprint density at radius 2 is 1.76 bits per heavy atom. The lowest BCUT2D eigenvalue weighted by molar-refractivity contribution is -0.141. The highest BCUT2D eigenvalue weighted by atomic mass is 19.4. The van der Waals surface area contributed by atoms with Gasteiger partial charge >= 0.3 is 6.18 Å². The predicted molar refractivity (Wildman–Crippen MR) is 132 cm³/mol. The van der Waals surface area contributed by atoms with E-state index in [0.717, 1.165) is 37.7 Å². The molecule has 2 unspecified atom stereocenters. The fraction of sp³-hybridized carbons (Fsp3) is 0.481. The quantitative estimate of drug-likeness (QED) is 0.435. The molecule has 7 nitrogen and oxygen atoms in total. The van der Waals surface area contributed by atoms with E-state index in [1.165, 1.54) is 16.8 Å². The fourth-order valence-corrected chi connectivity index (χ4v) is 5.72. The number of halogens is 4. The first kappa shape index (κ1) is 26.3. The molecule has 2 aromatic heterocycles. The first-order chi connectivity index (χ1) is 18.0. The van der Waals surface area contributed by atoms with Gasteiger partial charge in [0.15, 0.2) is 11.5 Å². The summed E-state index contributed by atoms with van der Waals surface area (Å²) in [4.78, 5) is 17.8. The topological polar surface area (TPSA) is 67.2 Å². The number of aryl methyl sites for hydroxylation is 1. The molecule has 5 rings (SSSR count). The number of benzene rings is 1. The second kappa shape index (κ2) is 10.1. The van der Waals surface area contributed by atoms with Crippen LogP contribution in [0.25, 0.3) is 5.82 Å². The van der Waals surface area contributed by atoms with Gasteiger partial charge in [-0.2, -0.15) is 18.3 Å². The zero-order chi connectivity index (χ0) is 27.2. The Kier molecular flexibility index (Phi) is 6.97. The SMILES string of the molecule is Cc1nn(-c2ccc(C(F)(F)F)nn2)c(C)c1C(=O)N1CC2CN(CC[C@H](C)c3cccc(F)c3)CC2C1. The summed E-state index contributed by atoms with van der Waals surface area (Å²) in [5, 5.41) is 11.3. The Bertz CT molecular complexity index is 1310. The second-order valence-corrected chi connectivity index (χ2v) is 10.5. The first-order valence-electron chi connectivity index (χ1n) is 12.8. The minimum Gasteiger partial charge on any atom is -0.338 e. The number of hydrogen-bond acceptors (Lipinski definition) is 5. The molecule has 1 aromatic carbocycles. The molecule has 2 fully saturated rings. The molecular weight excluding hydrogens is 500 g/mol. The van der Waals surface area contributed by atoms with Gasteiger partial charge in [0, 0.05) is 26.2 Å². The van der Waals surface area contributed by atoms with Gasteiger partial charge in [-0.3, -0.25) is 4.79 Å². The van der Waals surface area contributed by atoms with Crippen LogP contribution >= 0.6 is 0 Å². The smallest absolute Gasteiger partial charge is 0.338 e. The predicted octanol–water partition coefficient (Wildman–Crippen LogP) is 4.63. The summed E-state index contributed by atoms with van der Waals surface area (Å²) in [5.74, 6) is 0.838. The molecule has 3 aromatic rings. The highest BCUT2D eigenvalue weighted by molar-refractivity contribution is 5.96. The minimum absolute atomic E-state index is 0.119. The Balaban J connectivity index is 1.20. The maximum Gasteiger partial charge on any atom is 0.435 e. The molecule has 38 heavy (non-hydrogen) atoms. The van der Waals surface area contributed by atoms with Gasteiger partial charge in [-0.05, 0) is 74.4 Å². The van der Waals surface area contributed by atoms with E-state index >= 15 is 0 Å². The third-order valence-electron chi connectivity index (χ3n) is 7.81. The van der Waals surface area contributed by atoms with Gasteiger partial charge < -0.3 is 9.80 Å². The number of carbonyl (C=O) groups excluding carboxylic acids is 1. The van der Waals surface area contributed by atoms with E-state index in [-0.39, 0.29) is 23.5 Å². The number of hydrogen-bond donors (Lipinski definition) is 0. The Labute approximate surface area is 218 Å². The van der Waals surface area contributed by atoms with Crippen LogP contribution in [-0.2, 0) is 6.18 Å². The number of fused-ring (bicyclic) bond motifs is 1. The lowest BCUT2D eigenvalue weighted by Crippen LogP contribution is -2.34. The average molecular weight is 531 g/mol. The molecule has 0 aliphatic carbocycles. The maximum atomic E-state index is 13.5. The summed E-state index contributed by atoms with van der Waals surface area (Å²) in [6.45, 7) is 9.63. The van der Waals surface area contributed by atoms with Crippen LogP contribution < -0.4 is 0 Å². The summed E-state index contributed by atoms with van der Waals surface area (Å²) < 4.78 is 53.4.